The van der Waals surface area contributed by atoms with Gasteiger partial charge in [0.1, 0.15) is 17.1 Å². The van der Waals surface area contributed by atoms with Gasteiger partial charge in [-0.05, 0) is 66.2 Å². The minimum atomic E-state index is -0.159. The predicted octanol–water partition coefficient (Wildman–Crippen LogP) is 3.91. The average Bonchev–Trinajstić information content (AvgIpc) is 3.49. The largest absolute Gasteiger partial charge is 0.507 e. The molecule has 0 aliphatic carbocycles. The van der Waals surface area contributed by atoms with Crippen LogP contribution in [0.1, 0.15) is 26.3 Å². The molecule has 1 aliphatic heterocycles. The van der Waals surface area contributed by atoms with Crippen molar-refractivity contribution >= 4 is 29.2 Å². The number of pyridine rings is 3. The molecule has 1 amide bonds. The van der Waals surface area contributed by atoms with Crippen LogP contribution in [-0.2, 0) is 13.6 Å². The Hall–Kier alpha value is -6.14. The lowest BCUT2D eigenvalue weighted by Crippen LogP contribution is -2.48. The summed E-state index contributed by atoms with van der Waals surface area (Å²) in [6.07, 6.45) is 3.95. The lowest BCUT2D eigenvalue weighted by molar-refractivity contribution is 0.0628. The van der Waals surface area contributed by atoms with Crippen LogP contribution in [0.25, 0.3) is 39.5 Å². The number of imidazole rings is 1. The molecular formula is C36H32N8O4. The Morgan fingerprint density at radius 2 is 1.75 bits per heavy atom. The van der Waals surface area contributed by atoms with E-state index in [2.05, 4.69) is 22.0 Å². The maximum Gasteiger partial charge on any atom is 0.253 e. The number of fused-ring (bicyclic) bond motifs is 1. The summed E-state index contributed by atoms with van der Waals surface area (Å²) in [5.41, 5.74) is 12.2. The molecule has 1 saturated heterocycles. The van der Waals surface area contributed by atoms with E-state index in [1.54, 1.807) is 30.4 Å². The van der Waals surface area contributed by atoms with E-state index in [4.69, 9.17) is 15.7 Å². The highest BCUT2D eigenvalue weighted by molar-refractivity contribution is 5.96. The number of phenols is 1. The fourth-order valence-electron chi connectivity index (χ4n) is 5.98. The highest BCUT2D eigenvalue weighted by Gasteiger charge is 2.23. The third kappa shape index (κ3) is 5.80. The quantitative estimate of drug-likeness (QED) is 0.248. The molecule has 0 spiro atoms. The number of phenolic OH excluding ortho intramolecular Hbond substituents is 1. The number of aldehydes is 1. The van der Waals surface area contributed by atoms with Crippen LogP contribution in [0.5, 0.6) is 5.75 Å². The third-order valence-corrected chi connectivity index (χ3v) is 8.63. The summed E-state index contributed by atoms with van der Waals surface area (Å²) in [6.45, 7) is 3.20. The van der Waals surface area contributed by atoms with Crippen LogP contribution >= 0.6 is 0 Å². The van der Waals surface area contributed by atoms with Crippen LogP contribution < -0.4 is 11.3 Å². The minimum absolute atomic E-state index is 0.0991. The number of carbonyl (C=O) groups excluding carboxylic acids is 2. The van der Waals surface area contributed by atoms with E-state index in [0.717, 1.165) is 16.8 Å². The van der Waals surface area contributed by atoms with E-state index >= 15 is 0 Å². The van der Waals surface area contributed by atoms with Crippen molar-refractivity contribution in [3.05, 3.63) is 118 Å². The first kappa shape index (κ1) is 30.5. The van der Waals surface area contributed by atoms with Crippen molar-refractivity contribution in [3.8, 4) is 34.1 Å². The Kier molecular flexibility index (Phi) is 7.99. The monoisotopic (exact) mass is 640 g/mol. The van der Waals surface area contributed by atoms with Gasteiger partial charge in [0.25, 0.3) is 5.91 Å². The fraction of sp³-hybridized carbons (Fsp3) is 0.167. The molecule has 12 heteroatoms. The van der Waals surface area contributed by atoms with Gasteiger partial charge in [0.15, 0.2) is 17.8 Å². The number of rotatable bonds is 7. The molecular weight excluding hydrogens is 608 g/mol. The predicted molar refractivity (Wildman–Crippen MR) is 182 cm³/mol. The number of nitrogen functional groups attached to an aromatic ring is 1. The van der Waals surface area contributed by atoms with Gasteiger partial charge in [-0.1, -0.05) is 12.1 Å². The summed E-state index contributed by atoms with van der Waals surface area (Å²) in [6, 6.07) is 23.3. The molecule has 4 aromatic heterocycles. The van der Waals surface area contributed by atoms with Gasteiger partial charge in [0, 0.05) is 75.0 Å². The zero-order valence-electron chi connectivity index (χ0n) is 26.2. The number of hydrogen-bond acceptors (Lipinski definition) is 9. The van der Waals surface area contributed by atoms with E-state index in [1.807, 2.05) is 41.0 Å². The molecule has 1 fully saturated rings. The number of nitrogens with zero attached hydrogens (tertiary/aromatic N) is 7. The molecule has 0 saturated carbocycles. The first-order valence-corrected chi connectivity index (χ1v) is 15.5. The molecule has 0 bridgehead atoms. The van der Waals surface area contributed by atoms with E-state index < -0.39 is 0 Å². The summed E-state index contributed by atoms with van der Waals surface area (Å²) in [7, 11) is 1.71. The van der Waals surface area contributed by atoms with Crippen molar-refractivity contribution in [1.29, 1.82) is 0 Å². The van der Waals surface area contributed by atoms with Crippen molar-refractivity contribution in [2.75, 3.05) is 31.9 Å². The number of piperazine rings is 1. The van der Waals surface area contributed by atoms with E-state index in [0.29, 0.717) is 78.6 Å². The second-order valence-corrected chi connectivity index (χ2v) is 11.7. The lowest BCUT2D eigenvalue weighted by Gasteiger charge is -2.35. The summed E-state index contributed by atoms with van der Waals surface area (Å²) in [5.74, 6) is 0.672. The highest BCUT2D eigenvalue weighted by Crippen LogP contribution is 2.32. The molecule has 12 nitrogen and oxygen atoms in total. The summed E-state index contributed by atoms with van der Waals surface area (Å²) in [4.78, 5) is 54.5. The van der Waals surface area contributed by atoms with Crippen molar-refractivity contribution < 1.29 is 14.7 Å². The molecule has 7 rings (SSSR count). The van der Waals surface area contributed by atoms with Gasteiger partial charge in [0.2, 0.25) is 5.56 Å². The third-order valence-electron chi connectivity index (χ3n) is 8.63. The second kappa shape index (κ2) is 12.6. The molecule has 0 atom stereocenters. The molecule has 0 unspecified atom stereocenters. The van der Waals surface area contributed by atoms with Crippen LogP contribution in [0.15, 0.2) is 96.1 Å². The number of aryl methyl sites for hydroxylation is 1. The van der Waals surface area contributed by atoms with Crippen LogP contribution in [-0.4, -0.2) is 77.4 Å². The van der Waals surface area contributed by atoms with Crippen molar-refractivity contribution in [1.82, 2.24) is 33.9 Å². The first-order valence-electron chi connectivity index (χ1n) is 15.5. The zero-order chi connectivity index (χ0) is 33.4. The summed E-state index contributed by atoms with van der Waals surface area (Å²) < 4.78 is 3.50. The number of benzene rings is 2. The number of aromatic hydroxyl groups is 1. The molecule has 240 valence electrons. The fourth-order valence-corrected chi connectivity index (χ4v) is 5.98. The number of amides is 1. The maximum absolute atomic E-state index is 13.0. The Morgan fingerprint density at radius 3 is 2.48 bits per heavy atom. The summed E-state index contributed by atoms with van der Waals surface area (Å²) >= 11 is 0. The Labute approximate surface area is 275 Å². The van der Waals surface area contributed by atoms with Crippen LogP contribution in [0.3, 0.4) is 0 Å². The normalized spacial score (nSPS) is 13.6. The van der Waals surface area contributed by atoms with Gasteiger partial charge in [-0.25, -0.2) is 15.0 Å². The Morgan fingerprint density at radius 1 is 0.958 bits per heavy atom. The average molecular weight is 641 g/mol. The number of carbonyl (C=O) groups is 2. The smallest absolute Gasteiger partial charge is 0.253 e. The SMILES string of the molecule is Cn1cc(-c2ccc3nc(-c4cccnc4N)n(-c4ccc(CN5CCN(C(=O)c6ccc(O)c(C=O)c6)CC5)cc4)c3n2)ccc1=O. The van der Waals surface area contributed by atoms with Gasteiger partial charge in [-0.15, -0.1) is 0 Å². The number of anilines is 1. The number of hydrogen-bond donors (Lipinski definition) is 2. The standard InChI is InChI=1S/C36H32N8O4/c1-41-21-25(7-13-32(41)47)29-10-11-30-35(39-29)44(34(40-30)28-3-2-14-38-33(28)37)27-8-4-23(5-9-27)20-42-15-17-43(18-16-42)36(48)24-6-12-31(46)26(19-24)22-45/h2-14,19,21-22,46H,15-18,20H2,1H3,(H2,37,38). The van der Waals surface area contributed by atoms with Gasteiger partial charge in [-0.2, -0.15) is 0 Å². The topological polar surface area (TPSA) is 152 Å². The van der Waals surface area contributed by atoms with Crippen LogP contribution in [0, 0.1) is 0 Å². The van der Waals surface area contributed by atoms with Crippen molar-refractivity contribution in [2.24, 2.45) is 7.05 Å². The van der Waals surface area contributed by atoms with Gasteiger partial charge in [0.05, 0.1) is 16.8 Å². The molecule has 1 aliphatic rings. The van der Waals surface area contributed by atoms with E-state index in [9.17, 15) is 19.5 Å². The molecule has 3 N–H and O–H groups in total. The molecule has 2 aromatic carbocycles. The van der Waals surface area contributed by atoms with Crippen LogP contribution in [0.4, 0.5) is 5.82 Å². The maximum atomic E-state index is 13.0. The van der Waals surface area contributed by atoms with Gasteiger partial charge in [-0.3, -0.25) is 23.9 Å². The van der Waals surface area contributed by atoms with E-state index in [-0.39, 0.29) is 22.8 Å². The van der Waals surface area contributed by atoms with Gasteiger partial charge < -0.3 is 20.3 Å². The van der Waals surface area contributed by atoms with Crippen LogP contribution in [0.2, 0.25) is 0 Å². The van der Waals surface area contributed by atoms with Crippen molar-refractivity contribution in [3.63, 3.8) is 0 Å². The van der Waals surface area contributed by atoms with Crippen molar-refractivity contribution in [2.45, 2.75) is 6.54 Å². The minimum Gasteiger partial charge on any atom is -0.507 e. The lowest BCUT2D eigenvalue weighted by atomic mass is 10.1. The zero-order valence-corrected chi connectivity index (χ0v) is 26.2. The highest BCUT2D eigenvalue weighted by atomic mass is 16.3. The van der Waals surface area contributed by atoms with E-state index in [1.165, 1.54) is 28.8 Å². The second-order valence-electron chi connectivity index (χ2n) is 11.7. The molecule has 0 radical (unpaired) electrons. The molecule has 6 aromatic rings. The Bertz CT molecular complexity index is 2230. The van der Waals surface area contributed by atoms with Gasteiger partial charge >= 0.3 is 0 Å². The first-order chi connectivity index (χ1) is 23.3. The molecule has 5 heterocycles. The number of nitrogens with two attached hydrogens (primary N) is 1. The summed E-state index contributed by atoms with van der Waals surface area (Å²) in [5, 5.41) is 9.78. The number of aromatic nitrogens is 5. The molecule has 48 heavy (non-hydrogen) atoms. The Balaban J connectivity index is 1.14.